The lowest BCUT2D eigenvalue weighted by molar-refractivity contribution is -0.139. The normalized spacial score (nSPS) is 15.2. The van der Waals surface area contributed by atoms with Gasteiger partial charge in [-0.1, -0.05) is 6.07 Å². The molecule has 1 aliphatic rings. The van der Waals surface area contributed by atoms with Gasteiger partial charge in [-0.25, -0.2) is 4.79 Å². The third kappa shape index (κ3) is 3.73. The van der Waals surface area contributed by atoms with Crippen LogP contribution < -0.4 is 4.74 Å². The predicted octanol–water partition coefficient (Wildman–Crippen LogP) is 1.89. The van der Waals surface area contributed by atoms with Crippen LogP contribution >= 0.6 is 0 Å². The minimum absolute atomic E-state index is 0.0542. The number of likely N-dealkylation sites (tertiary alicyclic amines) is 1. The Kier molecular flexibility index (Phi) is 4.79. The Labute approximate surface area is 139 Å². The zero-order chi connectivity index (χ0) is 16.9. The second kappa shape index (κ2) is 7.16. The summed E-state index contributed by atoms with van der Waals surface area (Å²) in [6.45, 7) is 0.956. The number of carboxylic acid groups (broad SMARTS) is 1. The number of carbonyl (C=O) groups is 2. The van der Waals surface area contributed by atoms with Crippen molar-refractivity contribution in [3.05, 3.63) is 47.8 Å². The van der Waals surface area contributed by atoms with Crippen molar-refractivity contribution in [1.82, 2.24) is 15.1 Å². The molecule has 0 spiro atoms. The molecule has 126 valence electrons. The molecule has 1 aliphatic heterocycles. The van der Waals surface area contributed by atoms with Gasteiger partial charge in [0.15, 0.2) is 6.61 Å². The van der Waals surface area contributed by atoms with Gasteiger partial charge in [0.25, 0.3) is 5.91 Å². The maximum absolute atomic E-state index is 12.6. The molecule has 1 saturated heterocycles. The molecule has 0 atom stereocenters. The summed E-state index contributed by atoms with van der Waals surface area (Å²) in [4.78, 5) is 25.0. The number of aromatic amines is 1. The molecule has 0 saturated carbocycles. The number of carboxylic acids is 1. The summed E-state index contributed by atoms with van der Waals surface area (Å²) in [5, 5.41) is 15.5. The van der Waals surface area contributed by atoms with E-state index in [1.165, 1.54) is 5.56 Å². The van der Waals surface area contributed by atoms with Crippen LogP contribution in [0.4, 0.5) is 0 Å². The van der Waals surface area contributed by atoms with Gasteiger partial charge in [-0.3, -0.25) is 9.89 Å². The number of hydrogen-bond donors (Lipinski definition) is 2. The molecule has 0 radical (unpaired) electrons. The fourth-order valence-electron chi connectivity index (χ4n) is 2.95. The van der Waals surface area contributed by atoms with E-state index < -0.39 is 12.6 Å². The van der Waals surface area contributed by atoms with Gasteiger partial charge in [0, 0.05) is 24.8 Å². The first-order valence-corrected chi connectivity index (χ1v) is 7.86. The summed E-state index contributed by atoms with van der Waals surface area (Å²) in [5.41, 5.74) is 1.70. The standard InChI is InChI=1S/C17H19N3O4/c21-16(22)11-24-15-3-1-2-13(8-15)17(23)20-6-4-12(5-7-20)14-9-18-19-10-14/h1-3,8-10,12H,4-7,11H2,(H,18,19)(H,21,22). The highest BCUT2D eigenvalue weighted by Gasteiger charge is 2.25. The van der Waals surface area contributed by atoms with Gasteiger partial charge in [-0.15, -0.1) is 0 Å². The molecule has 2 N–H and O–H groups in total. The number of ether oxygens (including phenoxy) is 1. The average Bonchev–Trinajstić information content (AvgIpc) is 3.14. The number of nitrogens with zero attached hydrogens (tertiary/aromatic N) is 2. The average molecular weight is 329 g/mol. The Morgan fingerprint density at radius 3 is 2.79 bits per heavy atom. The summed E-state index contributed by atoms with van der Waals surface area (Å²) < 4.78 is 5.13. The van der Waals surface area contributed by atoms with Crippen molar-refractivity contribution in [3.63, 3.8) is 0 Å². The molecule has 1 aromatic carbocycles. The van der Waals surface area contributed by atoms with E-state index >= 15 is 0 Å². The third-order valence-electron chi connectivity index (χ3n) is 4.22. The maximum Gasteiger partial charge on any atom is 0.341 e. The van der Waals surface area contributed by atoms with Gasteiger partial charge in [-0.05, 0) is 42.5 Å². The van der Waals surface area contributed by atoms with Gasteiger partial charge in [-0.2, -0.15) is 5.10 Å². The van der Waals surface area contributed by atoms with Gasteiger partial charge in [0.2, 0.25) is 0 Å². The van der Waals surface area contributed by atoms with Crippen molar-refractivity contribution in [2.45, 2.75) is 18.8 Å². The SMILES string of the molecule is O=C(O)COc1cccc(C(=O)N2CCC(c3cn[nH]c3)CC2)c1. The number of benzene rings is 1. The molecule has 1 aromatic heterocycles. The first-order valence-electron chi connectivity index (χ1n) is 7.86. The molecule has 2 aromatic rings. The Hall–Kier alpha value is -2.83. The number of hydrogen-bond acceptors (Lipinski definition) is 4. The van der Waals surface area contributed by atoms with Crippen molar-refractivity contribution in [1.29, 1.82) is 0 Å². The van der Waals surface area contributed by atoms with Crippen LogP contribution in [0.2, 0.25) is 0 Å². The van der Waals surface area contributed by atoms with Crippen molar-refractivity contribution in [2.75, 3.05) is 19.7 Å². The lowest BCUT2D eigenvalue weighted by Gasteiger charge is -2.31. The fraction of sp³-hybridized carbons (Fsp3) is 0.353. The second-order valence-corrected chi connectivity index (χ2v) is 5.81. The van der Waals surface area contributed by atoms with Gasteiger partial charge in [0.05, 0.1) is 6.20 Å². The van der Waals surface area contributed by atoms with Crippen LogP contribution in [0.1, 0.15) is 34.7 Å². The van der Waals surface area contributed by atoms with Crippen LogP contribution in [-0.2, 0) is 4.79 Å². The summed E-state index contributed by atoms with van der Waals surface area (Å²) in [7, 11) is 0. The van der Waals surface area contributed by atoms with E-state index in [4.69, 9.17) is 9.84 Å². The van der Waals surface area contributed by atoms with E-state index in [0.717, 1.165) is 12.8 Å². The highest BCUT2D eigenvalue weighted by Crippen LogP contribution is 2.28. The first-order chi connectivity index (χ1) is 11.6. The third-order valence-corrected chi connectivity index (χ3v) is 4.22. The number of amides is 1. The monoisotopic (exact) mass is 329 g/mol. The smallest absolute Gasteiger partial charge is 0.341 e. The number of aliphatic carboxylic acids is 1. The van der Waals surface area contributed by atoms with Crippen molar-refractivity contribution in [3.8, 4) is 5.75 Å². The summed E-state index contributed by atoms with van der Waals surface area (Å²) >= 11 is 0. The Morgan fingerprint density at radius 2 is 2.12 bits per heavy atom. The van der Waals surface area contributed by atoms with Crippen molar-refractivity contribution < 1.29 is 19.4 Å². The van der Waals surface area contributed by atoms with E-state index in [1.54, 1.807) is 24.3 Å². The Morgan fingerprint density at radius 1 is 1.33 bits per heavy atom. The van der Waals surface area contributed by atoms with E-state index in [9.17, 15) is 9.59 Å². The van der Waals surface area contributed by atoms with Crippen molar-refractivity contribution >= 4 is 11.9 Å². The van der Waals surface area contributed by atoms with Crippen LogP contribution in [0.5, 0.6) is 5.75 Å². The zero-order valence-corrected chi connectivity index (χ0v) is 13.1. The minimum Gasteiger partial charge on any atom is -0.482 e. The molecule has 0 bridgehead atoms. The summed E-state index contributed by atoms with van der Waals surface area (Å²) in [5.74, 6) is -0.288. The van der Waals surface area contributed by atoms with E-state index in [2.05, 4.69) is 10.2 Å². The lowest BCUT2D eigenvalue weighted by Crippen LogP contribution is -2.37. The summed E-state index contributed by atoms with van der Waals surface area (Å²) in [6, 6.07) is 6.65. The van der Waals surface area contributed by atoms with E-state index in [-0.39, 0.29) is 5.91 Å². The fourth-order valence-corrected chi connectivity index (χ4v) is 2.95. The van der Waals surface area contributed by atoms with Crippen LogP contribution in [0.25, 0.3) is 0 Å². The molecule has 2 heterocycles. The second-order valence-electron chi connectivity index (χ2n) is 5.81. The molecule has 7 nitrogen and oxygen atoms in total. The molecular weight excluding hydrogens is 310 g/mol. The van der Waals surface area contributed by atoms with Crippen LogP contribution in [0.15, 0.2) is 36.7 Å². The zero-order valence-electron chi connectivity index (χ0n) is 13.1. The molecular formula is C17H19N3O4. The number of piperidine rings is 1. The van der Waals surface area contributed by atoms with Gasteiger partial charge in [0.1, 0.15) is 5.75 Å². The van der Waals surface area contributed by atoms with Crippen molar-refractivity contribution in [2.24, 2.45) is 0 Å². The molecule has 24 heavy (non-hydrogen) atoms. The summed E-state index contributed by atoms with van der Waals surface area (Å²) in [6.07, 6.45) is 5.55. The topological polar surface area (TPSA) is 95.5 Å². The van der Waals surface area contributed by atoms with Crippen LogP contribution in [0.3, 0.4) is 0 Å². The quantitative estimate of drug-likeness (QED) is 0.873. The molecule has 1 amide bonds. The number of H-pyrrole nitrogens is 1. The minimum atomic E-state index is -1.05. The van der Waals surface area contributed by atoms with Gasteiger partial charge < -0.3 is 14.7 Å². The molecule has 7 heteroatoms. The molecule has 0 unspecified atom stereocenters. The molecule has 1 fully saturated rings. The number of carbonyl (C=O) groups excluding carboxylic acids is 1. The first kappa shape index (κ1) is 16.0. The lowest BCUT2D eigenvalue weighted by atomic mass is 9.91. The molecule has 0 aliphatic carbocycles. The largest absolute Gasteiger partial charge is 0.482 e. The van der Waals surface area contributed by atoms with Gasteiger partial charge >= 0.3 is 5.97 Å². The highest BCUT2D eigenvalue weighted by atomic mass is 16.5. The molecule has 3 rings (SSSR count). The van der Waals surface area contributed by atoms with Crippen LogP contribution in [0, 0.1) is 0 Å². The Bertz CT molecular complexity index is 706. The number of rotatable bonds is 5. The Balaban J connectivity index is 1.61. The van der Waals surface area contributed by atoms with E-state index in [0.29, 0.717) is 30.3 Å². The van der Waals surface area contributed by atoms with Crippen LogP contribution in [-0.4, -0.2) is 51.8 Å². The predicted molar refractivity (Wildman–Crippen MR) is 86.0 cm³/mol. The number of aromatic nitrogens is 2. The van der Waals surface area contributed by atoms with E-state index in [1.807, 2.05) is 17.3 Å². The highest BCUT2D eigenvalue weighted by molar-refractivity contribution is 5.94. The number of nitrogens with one attached hydrogen (secondary N) is 1. The maximum atomic E-state index is 12.6.